The van der Waals surface area contributed by atoms with E-state index < -0.39 is 5.41 Å². The van der Waals surface area contributed by atoms with Gasteiger partial charge < -0.3 is 8.83 Å². The Morgan fingerprint density at radius 1 is 0.240 bits per heavy atom. The van der Waals surface area contributed by atoms with E-state index in [9.17, 15) is 0 Å². The van der Waals surface area contributed by atoms with E-state index in [-0.39, 0.29) is 0 Å². The molecule has 0 amide bonds. The van der Waals surface area contributed by atoms with E-state index in [1.165, 1.54) is 55.6 Å². The minimum Gasteiger partial charge on any atom is -0.456 e. The first-order chi connectivity index (χ1) is 37.2. The van der Waals surface area contributed by atoms with Crippen LogP contribution in [0.1, 0.15) is 22.3 Å². The highest BCUT2D eigenvalue weighted by Crippen LogP contribution is 2.63. The van der Waals surface area contributed by atoms with Crippen LogP contribution in [0.5, 0.6) is 0 Å². The molecule has 14 aromatic rings. The Labute approximate surface area is 431 Å². The van der Waals surface area contributed by atoms with Crippen molar-refractivity contribution >= 4 is 43.9 Å². The highest BCUT2D eigenvalue weighted by atomic mass is 16.3. The molecule has 5 nitrogen and oxygen atoms in total. The molecule has 1 spiro atoms. The third-order valence-electron chi connectivity index (χ3n) is 15.8. The maximum atomic E-state index is 6.63. The predicted molar refractivity (Wildman–Crippen MR) is 303 cm³/mol. The number of para-hydroxylation sites is 1. The van der Waals surface area contributed by atoms with Crippen LogP contribution in [0, 0.1) is 0 Å². The average Bonchev–Trinajstić information content (AvgIpc) is 4.38. The summed E-state index contributed by atoms with van der Waals surface area (Å²) in [5.41, 5.74) is 22.7. The van der Waals surface area contributed by atoms with Gasteiger partial charge in [0.1, 0.15) is 22.3 Å². The smallest absolute Gasteiger partial charge is 0.164 e. The minimum atomic E-state index is -0.392. The first-order valence-electron chi connectivity index (χ1n) is 25.5. The maximum absolute atomic E-state index is 6.63. The molecule has 2 aliphatic carbocycles. The summed E-state index contributed by atoms with van der Waals surface area (Å²) in [6.45, 7) is 0. The number of fused-ring (bicyclic) bond motifs is 16. The lowest BCUT2D eigenvalue weighted by Gasteiger charge is -2.30. The van der Waals surface area contributed by atoms with Gasteiger partial charge >= 0.3 is 0 Å². The number of hydrogen-bond donors (Lipinski definition) is 0. The molecule has 0 atom stereocenters. The van der Waals surface area contributed by atoms with Crippen LogP contribution < -0.4 is 0 Å². The van der Waals surface area contributed by atoms with Gasteiger partial charge in [0.2, 0.25) is 0 Å². The standard InChI is InChI=1S/C70H41N3O2/c1-2-15-42(16-3-1)45-17-12-18-48(39-45)67-71-68(54-23-13-29-63-65(54)53-22-7-11-28-61(53)74-63)73-69(72-67)55-24-14-30-64-66(55)56-40-46(36-38-62(56)75-64)43-31-33-44(34-32-43)47-35-37-52-51-21-6-10-27-59(51)70(60(52)41-47)57-25-8-4-19-49(57)50-20-5-9-26-58(50)70/h1-41H. The van der Waals surface area contributed by atoms with E-state index in [2.05, 4.69) is 200 Å². The zero-order chi connectivity index (χ0) is 49.2. The summed E-state index contributed by atoms with van der Waals surface area (Å²) in [6, 6.07) is 88.7. The Bertz CT molecular complexity index is 4600. The van der Waals surface area contributed by atoms with Crippen molar-refractivity contribution in [3.63, 3.8) is 0 Å². The number of nitrogens with zero attached hydrogens (tertiary/aromatic N) is 3. The van der Waals surface area contributed by atoms with Crippen molar-refractivity contribution in [3.8, 4) is 89.8 Å². The molecule has 0 N–H and O–H groups in total. The van der Waals surface area contributed by atoms with Crippen LogP contribution in [0.3, 0.4) is 0 Å². The van der Waals surface area contributed by atoms with Crippen LogP contribution in [-0.2, 0) is 5.41 Å². The van der Waals surface area contributed by atoms with Crippen molar-refractivity contribution in [1.29, 1.82) is 0 Å². The van der Waals surface area contributed by atoms with Crippen molar-refractivity contribution in [1.82, 2.24) is 15.0 Å². The molecule has 0 fully saturated rings. The fourth-order valence-electron chi connectivity index (χ4n) is 12.5. The van der Waals surface area contributed by atoms with Gasteiger partial charge in [0.15, 0.2) is 17.5 Å². The van der Waals surface area contributed by atoms with Crippen molar-refractivity contribution < 1.29 is 8.83 Å². The molecule has 0 saturated carbocycles. The molecule has 16 rings (SSSR count). The van der Waals surface area contributed by atoms with Gasteiger partial charge in [-0.2, -0.15) is 0 Å². The normalized spacial score (nSPS) is 12.9. The van der Waals surface area contributed by atoms with Gasteiger partial charge in [0.05, 0.1) is 5.41 Å². The highest BCUT2D eigenvalue weighted by molar-refractivity contribution is 6.14. The van der Waals surface area contributed by atoms with Crippen LogP contribution >= 0.6 is 0 Å². The second-order valence-corrected chi connectivity index (χ2v) is 19.7. The van der Waals surface area contributed by atoms with E-state index in [1.54, 1.807) is 0 Å². The summed E-state index contributed by atoms with van der Waals surface area (Å²) in [5.74, 6) is 1.68. The highest BCUT2D eigenvalue weighted by Gasteiger charge is 2.51. The number of hydrogen-bond acceptors (Lipinski definition) is 5. The Balaban J connectivity index is 0.817. The SMILES string of the molecule is c1ccc(-c2cccc(-c3nc(-c4cccc5oc6ccccc6c45)nc(-c4cccc5oc6ccc(-c7ccc(-c8ccc9c(c8)C8(c%10ccccc%10-c%10ccccc%108)c8ccccc8-9)cc7)cc6c45)n3)c2)cc1. The monoisotopic (exact) mass is 955 g/mol. The molecule has 5 heteroatoms. The van der Waals surface area contributed by atoms with E-state index >= 15 is 0 Å². The predicted octanol–water partition coefficient (Wildman–Crippen LogP) is 18.0. The number of furan rings is 2. The van der Waals surface area contributed by atoms with Crippen molar-refractivity contribution in [2.45, 2.75) is 5.41 Å². The molecule has 0 aliphatic heterocycles. The zero-order valence-corrected chi connectivity index (χ0v) is 40.3. The molecule has 0 radical (unpaired) electrons. The van der Waals surface area contributed by atoms with Gasteiger partial charge in [0, 0.05) is 38.2 Å². The second-order valence-electron chi connectivity index (χ2n) is 19.7. The fourth-order valence-corrected chi connectivity index (χ4v) is 12.5. The molecule has 3 aromatic heterocycles. The van der Waals surface area contributed by atoms with Crippen LogP contribution in [0.25, 0.3) is 134 Å². The molecular weight excluding hydrogens is 915 g/mol. The lowest BCUT2D eigenvalue weighted by molar-refractivity contribution is 0.668. The van der Waals surface area contributed by atoms with E-state index in [4.69, 9.17) is 23.8 Å². The Morgan fingerprint density at radius 3 is 1.31 bits per heavy atom. The maximum Gasteiger partial charge on any atom is 0.164 e. The second kappa shape index (κ2) is 16.0. The molecule has 0 unspecified atom stereocenters. The molecule has 0 saturated heterocycles. The topological polar surface area (TPSA) is 65.0 Å². The van der Waals surface area contributed by atoms with E-state index in [0.717, 1.165) is 82.8 Å². The van der Waals surface area contributed by atoms with Crippen molar-refractivity contribution in [3.05, 3.63) is 271 Å². The molecule has 2 aliphatic rings. The Hall–Kier alpha value is -9.97. The van der Waals surface area contributed by atoms with Crippen molar-refractivity contribution in [2.24, 2.45) is 0 Å². The summed E-state index contributed by atoms with van der Waals surface area (Å²) >= 11 is 0. The lowest BCUT2D eigenvalue weighted by Crippen LogP contribution is -2.25. The van der Waals surface area contributed by atoms with Gasteiger partial charge in [0.25, 0.3) is 0 Å². The summed E-state index contributed by atoms with van der Waals surface area (Å²) in [6.07, 6.45) is 0. The zero-order valence-electron chi connectivity index (χ0n) is 40.3. The third kappa shape index (κ3) is 6.16. The van der Waals surface area contributed by atoms with Crippen LogP contribution in [0.2, 0.25) is 0 Å². The summed E-state index contributed by atoms with van der Waals surface area (Å²) < 4.78 is 13.0. The van der Waals surface area contributed by atoms with E-state index in [1.807, 2.05) is 48.5 Å². The van der Waals surface area contributed by atoms with Gasteiger partial charge in [-0.25, -0.2) is 15.0 Å². The molecule has 75 heavy (non-hydrogen) atoms. The Morgan fingerprint density at radius 2 is 0.653 bits per heavy atom. The summed E-state index contributed by atoms with van der Waals surface area (Å²) in [4.78, 5) is 15.9. The quantitative estimate of drug-likeness (QED) is 0.166. The van der Waals surface area contributed by atoms with Gasteiger partial charge in [-0.1, -0.05) is 206 Å². The molecule has 3 heterocycles. The largest absolute Gasteiger partial charge is 0.456 e. The van der Waals surface area contributed by atoms with Crippen LogP contribution in [0.15, 0.2) is 258 Å². The third-order valence-corrected chi connectivity index (χ3v) is 15.8. The average molecular weight is 956 g/mol. The van der Waals surface area contributed by atoms with Crippen molar-refractivity contribution in [2.75, 3.05) is 0 Å². The Kier molecular flexibility index (Phi) is 8.89. The van der Waals surface area contributed by atoms with Crippen LogP contribution in [0.4, 0.5) is 0 Å². The minimum absolute atomic E-state index is 0.392. The van der Waals surface area contributed by atoms with Gasteiger partial charge in [-0.15, -0.1) is 0 Å². The number of rotatable bonds is 6. The van der Waals surface area contributed by atoms with Crippen LogP contribution in [-0.4, -0.2) is 15.0 Å². The molecular formula is C70H41N3O2. The first kappa shape index (κ1) is 41.6. The fraction of sp³-hybridized carbons (Fsp3) is 0.0143. The molecule has 11 aromatic carbocycles. The molecule has 348 valence electrons. The van der Waals surface area contributed by atoms with Gasteiger partial charge in [-0.05, 0) is 120 Å². The summed E-state index contributed by atoms with van der Waals surface area (Å²) in [7, 11) is 0. The molecule has 0 bridgehead atoms. The lowest BCUT2D eigenvalue weighted by atomic mass is 9.70. The number of benzene rings is 11. The summed E-state index contributed by atoms with van der Waals surface area (Å²) in [5, 5.41) is 3.91. The first-order valence-corrected chi connectivity index (χ1v) is 25.5. The van der Waals surface area contributed by atoms with E-state index in [0.29, 0.717) is 17.5 Å². The number of aromatic nitrogens is 3. The van der Waals surface area contributed by atoms with Gasteiger partial charge in [-0.3, -0.25) is 0 Å².